The number of hydrogen-bond donors (Lipinski definition) is 11. The number of para-hydroxylation sites is 1. The van der Waals surface area contributed by atoms with Crippen LogP contribution in [0.2, 0.25) is 0 Å². The van der Waals surface area contributed by atoms with Gasteiger partial charge in [-0.25, -0.2) is 9.97 Å². The van der Waals surface area contributed by atoms with E-state index in [1.807, 2.05) is 68.4 Å². The van der Waals surface area contributed by atoms with Crippen molar-refractivity contribution in [1.82, 2.24) is 67.5 Å². The summed E-state index contributed by atoms with van der Waals surface area (Å²) in [5, 5.41) is 24.2. The smallest absolute Gasteiger partial charge is 0.258 e. The number of nitrogens with one attached hydrogen (secondary N) is 11. The third kappa shape index (κ3) is 16.0. The first-order chi connectivity index (χ1) is 35.9. The number of hydrogen-bond acceptors (Lipinski definition) is 11. The third-order valence-corrected chi connectivity index (χ3v) is 12.4. The average molecular weight is 1030 g/mol. The Hall–Kier alpha value is -8.56. The van der Waals surface area contributed by atoms with Crippen LogP contribution in [0.15, 0.2) is 98.0 Å². The molecule has 0 bridgehead atoms. The molecule has 0 fully saturated rings. The van der Waals surface area contributed by atoms with Crippen LogP contribution in [0.4, 0.5) is 0 Å². The van der Waals surface area contributed by atoms with Crippen molar-refractivity contribution < 1.29 is 43.1 Å². The first-order valence-electron chi connectivity index (χ1n) is 24.8. The van der Waals surface area contributed by atoms with Crippen LogP contribution in [0.1, 0.15) is 64.9 Å². The van der Waals surface area contributed by atoms with Crippen LogP contribution >= 0.6 is 0 Å². The summed E-state index contributed by atoms with van der Waals surface area (Å²) in [6.45, 7) is 9.60. The van der Waals surface area contributed by atoms with Crippen molar-refractivity contribution in [3.63, 3.8) is 0 Å². The molecule has 22 heteroatoms. The molecule has 11 N–H and O–H groups in total. The van der Waals surface area contributed by atoms with E-state index >= 15 is 0 Å². The second-order valence-corrected chi connectivity index (χ2v) is 19.2. The number of carbonyl (C=O) groups is 8. The van der Waals surface area contributed by atoms with Gasteiger partial charge in [0.2, 0.25) is 41.4 Å². The summed E-state index contributed by atoms with van der Waals surface area (Å²) in [7, 11) is 1.46. The number of fused-ring (bicyclic) bond motifs is 2. The van der Waals surface area contributed by atoms with E-state index in [-0.39, 0.29) is 25.2 Å². The fraction of sp³-hybridized carbons (Fsp3) is 0.396. The van der Waals surface area contributed by atoms with Gasteiger partial charge in [-0.15, -0.1) is 0 Å². The highest BCUT2D eigenvalue weighted by molar-refractivity contribution is 5.98. The maximum absolute atomic E-state index is 14.3. The number of aromatic nitrogens is 5. The summed E-state index contributed by atoms with van der Waals surface area (Å²) >= 11 is 0. The van der Waals surface area contributed by atoms with E-state index in [1.165, 1.54) is 45.9 Å². The molecule has 0 unspecified atom stereocenters. The van der Waals surface area contributed by atoms with Gasteiger partial charge < -0.3 is 62.2 Å². The zero-order chi connectivity index (χ0) is 54.2. The van der Waals surface area contributed by atoms with E-state index in [0.29, 0.717) is 29.1 Å². The van der Waals surface area contributed by atoms with Crippen LogP contribution in [0.3, 0.4) is 0 Å². The first-order valence-corrected chi connectivity index (χ1v) is 24.8. The number of imidazole rings is 2. The van der Waals surface area contributed by atoms with E-state index in [9.17, 15) is 38.4 Å². The van der Waals surface area contributed by atoms with Gasteiger partial charge in [-0.3, -0.25) is 38.4 Å². The van der Waals surface area contributed by atoms with Crippen molar-refractivity contribution in [3.05, 3.63) is 115 Å². The van der Waals surface area contributed by atoms with Crippen LogP contribution in [-0.2, 0) is 57.6 Å². The zero-order valence-corrected chi connectivity index (χ0v) is 43.0. The number of rotatable bonds is 26. The van der Waals surface area contributed by atoms with Gasteiger partial charge in [-0.1, -0.05) is 76.2 Å². The molecule has 0 saturated heterocycles. The van der Waals surface area contributed by atoms with Gasteiger partial charge in [-0.2, -0.15) is 0 Å². The van der Waals surface area contributed by atoms with Crippen LogP contribution in [0.5, 0.6) is 5.75 Å². The molecule has 0 aliphatic rings. The second-order valence-electron chi connectivity index (χ2n) is 19.2. The number of nitrogens with zero attached hydrogens (tertiary/aromatic N) is 2. The molecule has 3 aromatic heterocycles. The van der Waals surface area contributed by atoms with E-state index in [0.717, 1.165) is 21.7 Å². The second kappa shape index (κ2) is 26.4. The summed E-state index contributed by atoms with van der Waals surface area (Å²) in [6.07, 6.45) is 7.87. The van der Waals surface area contributed by atoms with E-state index in [1.54, 1.807) is 32.2 Å². The van der Waals surface area contributed by atoms with Gasteiger partial charge in [0.25, 0.3) is 5.91 Å². The number of likely N-dealkylation sites (N-methyl/N-ethyl adjacent to an activating group) is 1. The van der Waals surface area contributed by atoms with Crippen molar-refractivity contribution in [3.8, 4) is 5.75 Å². The first kappa shape index (κ1) is 55.7. The van der Waals surface area contributed by atoms with E-state index < -0.39 is 102 Å². The summed E-state index contributed by atoms with van der Waals surface area (Å²) in [4.78, 5) is 127. The Morgan fingerprint density at radius 3 is 1.71 bits per heavy atom. The van der Waals surface area contributed by atoms with Gasteiger partial charge in [0.1, 0.15) is 48.0 Å². The molecule has 0 aliphatic heterocycles. The van der Waals surface area contributed by atoms with Crippen molar-refractivity contribution in [2.75, 3.05) is 13.7 Å². The molecule has 0 spiro atoms. The number of benzene rings is 3. The molecule has 0 aliphatic carbocycles. The van der Waals surface area contributed by atoms with Crippen molar-refractivity contribution in [1.29, 1.82) is 0 Å². The van der Waals surface area contributed by atoms with Gasteiger partial charge >= 0.3 is 0 Å². The minimum atomic E-state index is -1.28. The zero-order valence-electron chi connectivity index (χ0n) is 43.0. The highest BCUT2D eigenvalue weighted by atomic mass is 16.5. The fourth-order valence-electron chi connectivity index (χ4n) is 8.30. The standard InChI is InChI=1S/C53H67N13O9/c1-29(2)18-41(49(70)54-7)64-52(73)44(22-37-25-56-28-59-37)63-47(68)31(5)61-53(74)46(30(3)4)66-48(69)32(6)60-50(71)42(20-35-23-57-40-15-11-10-14-39(35)40)65-51(72)43(21-36-24-55-27-58-36)62-45(67)26-75-38-17-16-33-12-8-9-13-34(33)19-38/h8-17,19,23-25,27-32,41-44,46,57H,18,20-22,26H2,1-7H3,(H,54,70)(H,55,58)(H,56,59)(H,60,71)(H,61,74)(H,62,67)(H,63,68)(H,64,73)(H,65,72)(H,66,69)/t31-,32+,41+,42+,43+,44+,46+/m1/s1. The summed E-state index contributed by atoms with van der Waals surface area (Å²) in [5.41, 5.74) is 2.53. The Morgan fingerprint density at radius 2 is 1.09 bits per heavy atom. The molecule has 6 aromatic rings. The van der Waals surface area contributed by atoms with Crippen LogP contribution in [0.25, 0.3) is 21.7 Å². The fourth-order valence-corrected chi connectivity index (χ4v) is 8.30. The normalized spacial score (nSPS) is 14.1. The average Bonchev–Trinajstić information content (AvgIpc) is 4.20. The molecule has 7 atom stereocenters. The quantitative estimate of drug-likeness (QED) is 0.0372. The number of ether oxygens (including phenoxy) is 1. The predicted octanol–water partition coefficient (Wildman–Crippen LogP) is 1.76. The summed E-state index contributed by atoms with van der Waals surface area (Å²) in [6, 6.07) is 12.3. The monoisotopic (exact) mass is 1030 g/mol. The molecule has 6 rings (SSSR count). The Labute approximate surface area is 433 Å². The molecule has 398 valence electrons. The molecule has 3 heterocycles. The number of amides is 8. The number of aromatic amines is 3. The Bertz CT molecular complexity index is 2920. The SMILES string of the molecule is CNC(=O)[C@H](CC(C)C)NC(=O)[C@H](Cc1cnc[nH]1)NC(=O)[C@@H](C)NC(=O)[C@@H](NC(=O)[C@H](C)NC(=O)[C@H](Cc1c[nH]c2ccccc12)NC(=O)[C@H](Cc1cnc[nH]1)NC(=O)COc1ccc2ccccc2c1)C(C)C. The van der Waals surface area contributed by atoms with Gasteiger partial charge in [0, 0.05) is 67.2 Å². The van der Waals surface area contributed by atoms with Crippen molar-refractivity contribution in [2.45, 2.75) is 110 Å². The van der Waals surface area contributed by atoms with Crippen LogP contribution in [0, 0.1) is 11.8 Å². The Morgan fingerprint density at radius 1 is 0.547 bits per heavy atom. The topological polar surface area (TPSA) is 315 Å². The van der Waals surface area contributed by atoms with Gasteiger partial charge in [-0.05, 0) is 66.6 Å². The van der Waals surface area contributed by atoms with Crippen LogP contribution < -0.4 is 47.3 Å². The predicted molar refractivity (Wildman–Crippen MR) is 279 cm³/mol. The minimum Gasteiger partial charge on any atom is -0.484 e. The molecule has 0 saturated carbocycles. The summed E-state index contributed by atoms with van der Waals surface area (Å²) < 4.78 is 5.80. The molecule has 0 radical (unpaired) electrons. The lowest BCUT2D eigenvalue weighted by atomic mass is 10.0. The van der Waals surface area contributed by atoms with Crippen molar-refractivity contribution in [2.24, 2.45) is 11.8 Å². The largest absolute Gasteiger partial charge is 0.484 e. The molecule has 75 heavy (non-hydrogen) atoms. The molecular weight excluding hydrogens is 963 g/mol. The van der Waals surface area contributed by atoms with Gasteiger partial charge in [0.15, 0.2) is 6.61 Å². The third-order valence-electron chi connectivity index (χ3n) is 12.4. The lowest BCUT2D eigenvalue weighted by molar-refractivity contribution is -0.136. The molecule has 8 amide bonds. The lowest BCUT2D eigenvalue weighted by Crippen LogP contribution is -2.60. The number of H-pyrrole nitrogens is 3. The number of carbonyl (C=O) groups excluding carboxylic acids is 8. The lowest BCUT2D eigenvalue weighted by Gasteiger charge is -2.27. The maximum Gasteiger partial charge on any atom is 0.258 e. The molecule has 22 nitrogen and oxygen atoms in total. The van der Waals surface area contributed by atoms with E-state index in [4.69, 9.17) is 4.74 Å². The van der Waals surface area contributed by atoms with Gasteiger partial charge in [0.05, 0.1) is 12.7 Å². The van der Waals surface area contributed by atoms with Crippen molar-refractivity contribution >= 4 is 68.9 Å². The minimum absolute atomic E-state index is 0.00787. The Balaban J connectivity index is 1.11. The highest BCUT2D eigenvalue weighted by Crippen LogP contribution is 2.22. The Kier molecular flexibility index (Phi) is 19.6. The molecular formula is C53H67N13O9. The highest BCUT2D eigenvalue weighted by Gasteiger charge is 2.34. The summed E-state index contributed by atoms with van der Waals surface area (Å²) in [5.74, 6) is -5.25. The van der Waals surface area contributed by atoms with E-state index in [2.05, 4.69) is 67.5 Å². The maximum atomic E-state index is 14.3. The molecule has 3 aromatic carbocycles. The van der Waals surface area contributed by atoms with Crippen LogP contribution in [-0.4, -0.2) is 128 Å².